The average Bonchev–Trinajstić information content (AvgIpc) is 3.40. The molecule has 0 radical (unpaired) electrons. The van der Waals surface area contributed by atoms with Crippen LogP contribution in [-0.4, -0.2) is 72.6 Å². The largest absolute Gasteiger partial charge is 0.504 e. The SMILES string of the molecule is COc1c(C)cc2c(c1O)[C@H](C)NC[C@](C)(N1C[C@@H]3SCC(=O)C(=O)OCC1c1c4c(c(C)c(OC(C)=O)c13)OCO4)C2. The number of aryl methyl sites for hydroxylation is 1. The summed E-state index contributed by atoms with van der Waals surface area (Å²) in [5, 5.41) is 14.5. The number of phenols is 1. The van der Waals surface area contributed by atoms with Crippen molar-refractivity contribution in [2.45, 2.75) is 63.9 Å². The second kappa shape index (κ2) is 10.9. The number of hydrogen-bond acceptors (Lipinski definition) is 12. The van der Waals surface area contributed by atoms with Gasteiger partial charge in [-0.2, -0.15) is 0 Å². The van der Waals surface area contributed by atoms with Gasteiger partial charge < -0.3 is 34.1 Å². The van der Waals surface area contributed by atoms with Crippen molar-refractivity contribution in [1.29, 1.82) is 0 Å². The minimum atomic E-state index is -0.876. The molecule has 230 valence electrons. The van der Waals surface area contributed by atoms with Crippen molar-refractivity contribution >= 4 is 29.5 Å². The van der Waals surface area contributed by atoms with Gasteiger partial charge in [0.2, 0.25) is 12.6 Å². The number of cyclic esters (lactones) is 1. The van der Waals surface area contributed by atoms with Gasteiger partial charge in [0.05, 0.1) is 18.9 Å². The van der Waals surface area contributed by atoms with E-state index >= 15 is 0 Å². The van der Waals surface area contributed by atoms with Gasteiger partial charge in [0.25, 0.3) is 0 Å². The summed E-state index contributed by atoms with van der Waals surface area (Å²) in [6, 6.07) is 1.34. The Labute approximate surface area is 254 Å². The van der Waals surface area contributed by atoms with Crippen molar-refractivity contribution in [3.8, 4) is 28.7 Å². The van der Waals surface area contributed by atoms with E-state index in [4.69, 9.17) is 23.7 Å². The summed E-state index contributed by atoms with van der Waals surface area (Å²) in [6.45, 7) is 10.2. The monoisotopic (exact) mass is 612 g/mol. The van der Waals surface area contributed by atoms with Crippen LogP contribution in [0.2, 0.25) is 0 Å². The summed E-state index contributed by atoms with van der Waals surface area (Å²) in [5.74, 6) is -0.0535. The molecule has 4 atom stereocenters. The Morgan fingerprint density at radius 3 is 2.60 bits per heavy atom. The minimum absolute atomic E-state index is 0.000951. The summed E-state index contributed by atoms with van der Waals surface area (Å²) in [4.78, 5) is 39.9. The van der Waals surface area contributed by atoms with Crippen molar-refractivity contribution in [2.75, 3.05) is 39.4 Å². The molecule has 12 heteroatoms. The maximum Gasteiger partial charge on any atom is 0.375 e. The van der Waals surface area contributed by atoms with Gasteiger partial charge in [-0.3, -0.25) is 14.5 Å². The number of rotatable bonds is 3. The van der Waals surface area contributed by atoms with Crippen molar-refractivity contribution in [1.82, 2.24) is 10.2 Å². The van der Waals surface area contributed by atoms with Crippen LogP contribution in [0.3, 0.4) is 0 Å². The molecule has 1 unspecified atom stereocenters. The Balaban J connectivity index is 1.55. The number of carbonyl (C=O) groups is 3. The predicted molar refractivity (Wildman–Crippen MR) is 157 cm³/mol. The standard InChI is InChI=1S/C31H36N2O9S/c1-14-7-18-8-31(5,12-32-16(3)22(18)25(36)26(14)38-6)33-9-21-24-23(19(33)10-39-30(37)20(35)11-43-21)29-28(40-13-41-29)15(2)27(24)42-17(4)34/h7,16,19,21,32,36H,8-13H2,1-6H3/t16-,19?,21-,31+/m0/s1. The molecule has 1 saturated heterocycles. The zero-order chi connectivity index (χ0) is 30.8. The Bertz CT molecular complexity index is 1540. The van der Waals surface area contributed by atoms with Gasteiger partial charge in [0.15, 0.2) is 23.0 Å². The molecule has 4 aliphatic rings. The number of nitrogens with zero attached hydrogens (tertiary/aromatic N) is 1. The van der Waals surface area contributed by atoms with Crippen LogP contribution >= 0.6 is 11.8 Å². The van der Waals surface area contributed by atoms with Crippen molar-refractivity contribution < 1.29 is 43.2 Å². The van der Waals surface area contributed by atoms with Crippen LogP contribution in [-0.2, 0) is 25.5 Å². The number of phenolic OH excluding ortho intramolecular Hbond substituents is 1. The Morgan fingerprint density at radius 2 is 1.88 bits per heavy atom. The first-order chi connectivity index (χ1) is 20.4. The lowest BCUT2D eigenvalue weighted by molar-refractivity contribution is -0.155. The molecule has 1 fully saturated rings. The van der Waals surface area contributed by atoms with Crippen LogP contribution in [0.1, 0.15) is 71.5 Å². The third kappa shape index (κ3) is 4.79. The normalized spacial score (nSPS) is 26.7. The first-order valence-electron chi connectivity index (χ1n) is 14.3. The molecule has 0 aromatic heterocycles. The molecular weight excluding hydrogens is 576 g/mol. The Morgan fingerprint density at radius 1 is 1.14 bits per heavy atom. The molecule has 0 amide bonds. The number of methoxy groups -OCH3 is 1. The van der Waals surface area contributed by atoms with Crippen LogP contribution < -0.4 is 24.3 Å². The number of carbonyl (C=O) groups excluding carboxylic acids is 3. The molecular formula is C31H36N2O9S. The molecule has 2 N–H and O–H groups in total. The molecule has 4 aliphatic heterocycles. The summed E-state index contributed by atoms with van der Waals surface area (Å²) in [7, 11) is 1.55. The van der Waals surface area contributed by atoms with Crippen molar-refractivity contribution in [3.63, 3.8) is 0 Å². The second-order valence-corrected chi connectivity index (χ2v) is 13.0. The summed E-state index contributed by atoms with van der Waals surface area (Å²) in [5.41, 5.74) is 4.18. The fraction of sp³-hybridized carbons (Fsp3) is 0.516. The van der Waals surface area contributed by atoms with Gasteiger partial charge >= 0.3 is 11.9 Å². The van der Waals surface area contributed by atoms with Gasteiger partial charge in [-0.25, -0.2) is 4.79 Å². The van der Waals surface area contributed by atoms with E-state index in [2.05, 4.69) is 23.2 Å². The number of nitrogens with one attached hydrogen (secondary N) is 1. The predicted octanol–water partition coefficient (Wildman–Crippen LogP) is 3.59. The zero-order valence-corrected chi connectivity index (χ0v) is 25.9. The molecule has 2 aromatic carbocycles. The number of esters is 2. The number of ketones is 1. The molecule has 2 bridgehead atoms. The maximum absolute atomic E-state index is 12.7. The van der Waals surface area contributed by atoms with E-state index in [1.54, 1.807) is 7.11 Å². The highest BCUT2D eigenvalue weighted by Gasteiger charge is 2.50. The van der Waals surface area contributed by atoms with Gasteiger partial charge in [0.1, 0.15) is 12.4 Å². The Kier molecular flexibility index (Phi) is 7.50. The smallest absolute Gasteiger partial charge is 0.375 e. The number of Topliss-reactive ketones (excluding diaryl/α,β-unsaturated/α-hetero) is 1. The Hall–Kier alpha value is -3.48. The lowest BCUT2D eigenvalue weighted by Gasteiger charge is -2.51. The molecule has 0 saturated carbocycles. The second-order valence-electron chi connectivity index (χ2n) is 11.9. The lowest BCUT2D eigenvalue weighted by Crippen LogP contribution is -2.58. The van der Waals surface area contributed by atoms with Gasteiger partial charge in [-0.1, -0.05) is 6.07 Å². The average molecular weight is 613 g/mol. The molecule has 2 aromatic rings. The van der Waals surface area contributed by atoms with Crippen molar-refractivity contribution in [2.24, 2.45) is 0 Å². The summed E-state index contributed by atoms with van der Waals surface area (Å²) >= 11 is 1.32. The van der Waals surface area contributed by atoms with Gasteiger partial charge in [0, 0.05) is 59.1 Å². The number of hydrogen-bond donors (Lipinski definition) is 2. The highest BCUT2D eigenvalue weighted by molar-refractivity contribution is 8.00. The van der Waals surface area contributed by atoms with Gasteiger partial charge in [-0.05, 0) is 45.2 Å². The highest BCUT2D eigenvalue weighted by atomic mass is 32.2. The summed E-state index contributed by atoms with van der Waals surface area (Å²) in [6.07, 6.45) is 0.566. The van der Waals surface area contributed by atoms with E-state index in [0.717, 1.165) is 27.8 Å². The van der Waals surface area contributed by atoms with Crippen LogP contribution in [0.25, 0.3) is 0 Å². The number of thioether (sulfide) groups is 1. The quantitative estimate of drug-likeness (QED) is 0.298. The first kappa shape index (κ1) is 29.6. The zero-order valence-electron chi connectivity index (χ0n) is 25.1. The molecule has 6 rings (SSSR count). The molecule has 11 nitrogen and oxygen atoms in total. The van der Waals surface area contributed by atoms with Crippen LogP contribution in [0.4, 0.5) is 0 Å². The van der Waals surface area contributed by atoms with Crippen LogP contribution in [0, 0.1) is 13.8 Å². The van der Waals surface area contributed by atoms with E-state index in [0.29, 0.717) is 48.1 Å². The van der Waals surface area contributed by atoms with Crippen molar-refractivity contribution in [3.05, 3.63) is 39.4 Å². The number of ether oxygens (including phenoxy) is 5. The van der Waals surface area contributed by atoms with Crippen LogP contribution in [0.15, 0.2) is 6.07 Å². The molecule has 0 spiro atoms. The maximum atomic E-state index is 12.7. The van der Waals surface area contributed by atoms with E-state index in [1.165, 1.54) is 18.7 Å². The summed E-state index contributed by atoms with van der Waals surface area (Å²) < 4.78 is 28.9. The van der Waals surface area contributed by atoms with Crippen LogP contribution in [0.5, 0.6) is 28.7 Å². The molecule has 4 heterocycles. The fourth-order valence-corrected chi connectivity index (χ4v) is 8.20. The first-order valence-corrected chi connectivity index (χ1v) is 15.3. The highest BCUT2D eigenvalue weighted by Crippen LogP contribution is 2.58. The van der Waals surface area contributed by atoms with E-state index in [-0.39, 0.29) is 36.2 Å². The number of benzene rings is 2. The third-order valence-electron chi connectivity index (χ3n) is 8.98. The van der Waals surface area contributed by atoms with Gasteiger partial charge in [-0.15, -0.1) is 11.8 Å². The topological polar surface area (TPSA) is 133 Å². The van der Waals surface area contributed by atoms with E-state index in [1.807, 2.05) is 20.8 Å². The van der Waals surface area contributed by atoms with E-state index < -0.39 is 29.3 Å². The van der Waals surface area contributed by atoms with E-state index in [9.17, 15) is 19.5 Å². The number of aromatic hydroxyl groups is 1. The number of fused-ring (bicyclic) bond motifs is 9. The lowest BCUT2D eigenvalue weighted by atomic mass is 9.81. The third-order valence-corrected chi connectivity index (χ3v) is 10.2. The minimum Gasteiger partial charge on any atom is -0.504 e. The fourth-order valence-electron chi connectivity index (χ4n) is 7.07. The molecule has 0 aliphatic carbocycles. The molecule has 43 heavy (non-hydrogen) atoms.